The van der Waals surface area contributed by atoms with Gasteiger partial charge in [-0.05, 0) is 19.1 Å². The molecule has 0 saturated carbocycles. The van der Waals surface area contributed by atoms with Crippen LogP contribution < -0.4 is 5.73 Å². The van der Waals surface area contributed by atoms with Crippen LogP contribution in [-0.2, 0) is 0 Å². The molecule has 2 aromatic rings. The maximum Gasteiger partial charge on any atom is 0.161 e. The van der Waals surface area contributed by atoms with Crippen molar-refractivity contribution < 1.29 is 0 Å². The summed E-state index contributed by atoms with van der Waals surface area (Å²) in [6.07, 6.45) is 1.71. The molecule has 0 amide bonds. The minimum Gasteiger partial charge on any atom is -0.383 e. The third kappa shape index (κ3) is 2.07. The number of nitrogen functional groups attached to an aromatic ring is 1. The van der Waals surface area contributed by atoms with Gasteiger partial charge in [0, 0.05) is 22.3 Å². The molecule has 0 radical (unpaired) electrons. The topological polar surface area (TPSA) is 51.8 Å². The average Bonchev–Trinajstić information content (AvgIpc) is 2.22. The molecule has 2 rings (SSSR count). The van der Waals surface area contributed by atoms with Crippen LogP contribution >= 0.6 is 11.6 Å². The lowest BCUT2D eigenvalue weighted by atomic mass is 10.2. The number of nitrogens with two attached hydrogens (primary N) is 1. The van der Waals surface area contributed by atoms with E-state index in [0.29, 0.717) is 16.7 Å². The van der Waals surface area contributed by atoms with Gasteiger partial charge >= 0.3 is 0 Å². The molecular formula is C11H10ClN3. The minimum absolute atomic E-state index is 0.500. The Kier molecular flexibility index (Phi) is 2.56. The number of halogens is 1. The quantitative estimate of drug-likeness (QED) is 0.802. The molecule has 0 aliphatic carbocycles. The molecule has 3 nitrogen and oxygen atoms in total. The van der Waals surface area contributed by atoms with Crippen molar-refractivity contribution in [3.8, 4) is 11.4 Å². The second kappa shape index (κ2) is 3.87. The number of aromatic nitrogens is 2. The Morgan fingerprint density at radius 1 is 1.33 bits per heavy atom. The smallest absolute Gasteiger partial charge is 0.161 e. The summed E-state index contributed by atoms with van der Waals surface area (Å²) in [4.78, 5) is 8.39. The van der Waals surface area contributed by atoms with Crippen LogP contribution in [0.15, 0.2) is 30.5 Å². The highest BCUT2D eigenvalue weighted by atomic mass is 35.5. The Labute approximate surface area is 92.9 Å². The Hall–Kier alpha value is -1.61. The maximum absolute atomic E-state index is 5.88. The molecule has 76 valence electrons. The van der Waals surface area contributed by atoms with Crippen molar-refractivity contribution in [2.75, 3.05) is 5.73 Å². The molecular weight excluding hydrogens is 210 g/mol. The van der Waals surface area contributed by atoms with E-state index in [1.54, 1.807) is 6.20 Å². The van der Waals surface area contributed by atoms with Crippen LogP contribution in [0.2, 0.25) is 5.02 Å². The lowest BCUT2D eigenvalue weighted by Gasteiger charge is -2.03. The summed E-state index contributed by atoms with van der Waals surface area (Å²) in [6, 6.07) is 7.38. The Morgan fingerprint density at radius 3 is 2.80 bits per heavy atom. The van der Waals surface area contributed by atoms with Crippen molar-refractivity contribution in [1.29, 1.82) is 0 Å². The third-order valence-corrected chi connectivity index (χ3v) is 2.33. The Morgan fingerprint density at radius 2 is 2.13 bits per heavy atom. The molecule has 2 N–H and O–H groups in total. The third-order valence-electron chi connectivity index (χ3n) is 2.09. The first-order chi connectivity index (χ1) is 7.16. The highest BCUT2D eigenvalue weighted by molar-refractivity contribution is 6.30. The average molecular weight is 220 g/mol. The van der Waals surface area contributed by atoms with E-state index in [0.717, 1.165) is 11.1 Å². The molecule has 1 aromatic carbocycles. The highest BCUT2D eigenvalue weighted by Gasteiger charge is 2.03. The molecule has 4 heteroatoms. The van der Waals surface area contributed by atoms with Crippen molar-refractivity contribution in [2.24, 2.45) is 0 Å². The second-order valence-corrected chi connectivity index (χ2v) is 3.71. The number of aryl methyl sites for hydroxylation is 1. The normalized spacial score (nSPS) is 10.3. The second-order valence-electron chi connectivity index (χ2n) is 3.27. The van der Waals surface area contributed by atoms with E-state index < -0.39 is 0 Å². The van der Waals surface area contributed by atoms with E-state index >= 15 is 0 Å². The van der Waals surface area contributed by atoms with Crippen molar-refractivity contribution in [2.45, 2.75) is 6.92 Å². The van der Waals surface area contributed by atoms with E-state index in [-0.39, 0.29) is 0 Å². The zero-order valence-corrected chi connectivity index (χ0v) is 8.99. The fourth-order valence-corrected chi connectivity index (χ4v) is 1.41. The first-order valence-electron chi connectivity index (χ1n) is 4.52. The van der Waals surface area contributed by atoms with Crippen LogP contribution in [-0.4, -0.2) is 9.97 Å². The van der Waals surface area contributed by atoms with E-state index in [1.165, 1.54) is 0 Å². The molecule has 0 fully saturated rings. The van der Waals surface area contributed by atoms with Gasteiger partial charge in [0.05, 0.1) is 0 Å². The number of rotatable bonds is 1. The zero-order chi connectivity index (χ0) is 10.8. The first kappa shape index (κ1) is 9.93. The molecule has 0 saturated heterocycles. The van der Waals surface area contributed by atoms with Crippen molar-refractivity contribution in [3.63, 3.8) is 0 Å². The van der Waals surface area contributed by atoms with Crippen LogP contribution in [0, 0.1) is 6.92 Å². The molecule has 1 heterocycles. The predicted molar refractivity (Wildman–Crippen MR) is 61.6 cm³/mol. The molecule has 0 unspecified atom stereocenters. The summed E-state index contributed by atoms with van der Waals surface area (Å²) in [6.45, 7) is 1.87. The fraction of sp³-hybridized carbons (Fsp3) is 0.0909. The van der Waals surface area contributed by atoms with Gasteiger partial charge in [0.2, 0.25) is 0 Å². The van der Waals surface area contributed by atoms with Crippen molar-refractivity contribution >= 4 is 17.4 Å². The molecule has 0 aliphatic rings. The zero-order valence-electron chi connectivity index (χ0n) is 8.24. The molecule has 0 spiro atoms. The summed E-state index contributed by atoms with van der Waals surface area (Å²) in [7, 11) is 0. The van der Waals surface area contributed by atoms with Gasteiger partial charge in [-0.25, -0.2) is 9.97 Å². The highest BCUT2D eigenvalue weighted by Crippen LogP contribution is 2.20. The monoisotopic (exact) mass is 219 g/mol. The summed E-state index contributed by atoms with van der Waals surface area (Å²) >= 11 is 5.88. The van der Waals surface area contributed by atoms with Gasteiger partial charge in [0.1, 0.15) is 5.82 Å². The number of hydrogen-bond donors (Lipinski definition) is 1. The molecule has 0 bridgehead atoms. The SMILES string of the molecule is Cc1cnc(-c2cccc(Cl)c2)nc1N. The largest absolute Gasteiger partial charge is 0.383 e. The van der Waals surface area contributed by atoms with Crippen LogP contribution in [0.25, 0.3) is 11.4 Å². The van der Waals surface area contributed by atoms with Crippen molar-refractivity contribution in [3.05, 3.63) is 41.0 Å². The Bertz CT molecular complexity index is 497. The van der Waals surface area contributed by atoms with Crippen LogP contribution in [0.3, 0.4) is 0 Å². The van der Waals surface area contributed by atoms with Crippen molar-refractivity contribution in [1.82, 2.24) is 9.97 Å². The summed E-state index contributed by atoms with van der Waals surface area (Å²) in [5.41, 5.74) is 7.46. The van der Waals surface area contributed by atoms with Crippen LogP contribution in [0.1, 0.15) is 5.56 Å². The number of hydrogen-bond acceptors (Lipinski definition) is 3. The summed E-state index contributed by atoms with van der Waals surface area (Å²) < 4.78 is 0. The minimum atomic E-state index is 0.500. The van der Waals surface area contributed by atoms with E-state index in [9.17, 15) is 0 Å². The predicted octanol–water partition coefficient (Wildman–Crippen LogP) is 2.69. The van der Waals surface area contributed by atoms with Crippen LogP contribution in [0.4, 0.5) is 5.82 Å². The lowest BCUT2D eigenvalue weighted by molar-refractivity contribution is 1.15. The van der Waals surface area contributed by atoms with E-state index in [2.05, 4.69) is 9.97 Å². The van der Waals surface area contributed by atoms with Gasteiger partial charge < -0.3 is 5.73 Å². The van der Waals surface area contributed by atoms with Gasteiger partial charge in [-0.1, -0.05) is 23.7 Å². The van der Waals surface area contributed by atoms with E-state index in [1.807, 2.05) is 31.2 Å². The van der Waals surface area contributed by atoms with Gasteiger partial charge in [-0.3, -0.25) is 0 Å². The first-order valence-corrected chi connectivity index (χ1v) is 4.89. The standard InChI is InChI=1S/C11H10ClN3/c1-7-6-14-11(15-10(7)13)8-3-2-4-9(12)5-8/h2-6H,1H3,(H2,13,14,15). The number of benzene rings is 1. The number of anilines is 1. The van der Waals surface area contributed by atoms with Gasteiger partial charge in [0.25, 0.3) is 0 Å². The lowest BCUT2D eigenvalue weighted by Crippen LogP contribution is -1.98. The summed E-state index contributed by atoms with van der Waals surface area (Å²) in [5, 5.41) is 0.662. The summed E-state index contributed by atoms with van der Waals surface area (Å²) in [5.74, 6) is 1.10. The molecule has 0 aliphatic heterocycles. The van der Waals surface area contributed by atoms with E-state index in [4.69, 9.17) is 17.3 Å². The molecule has 1 aromatic heterocycles. The fourth-order valence-electron chi connectivity index (χ4n) is 1.22. The van der Waals surface area contributed by atoms with Gasteiger partial charge in [0.15, 0.2) is 5.82 Å². The maximum atomic E-state index is 5.88. The van der Waals surface area contributed by atoms with Crippen LogP contribution in [0.5, 0.6) is 0 Å². The molecule has 0 atom stereocenters. The number of nitrogens with zero attached hydrogens (tertiary/aromatic N) is 2. The van der Waals surface area contributed by atoms with Gasteiger partial charge in [-0.15, -0.1) is 0 Å². The Balaban J connectivity index is 2.50. The van der Waals surface area contributed by atoms with Gasteiger partial charge in [-0.2, -0.15) is 0 Å². The molecule has 15 heavy (non-hydrogen) atoms.